The van der Waals surface area contributed by atoms with Crippen molar-refractivity contribution in [3.05, 3.63) is 22.4 Å². The van der Waals surface area contributed by atoms with Crippen LogP contribution in [0.4, 0.5) is 0 Å². The summed E-state index contributed by atoms with van der Waals surface area (Å²) in [7, 11) is 0. The highest BCUT2D eigenvalue weighted by molar-refractivity contribution is 9.10. The van der Waals surface area contributed by atoms with Gasteiger partial charge in [-0.25, -0.2) is 9.78 Å². The fraction of sp³-hybridized carbons (Fsp3) is 0.417. The number of carboxylic acids is 1. The standard InChI is InChI=1S/C12H14BrNO4/c1-12(2,7-15)5-6-18-8-3-4-9(13)14-10(8)11(16)17/h3-4,7H,5-6H2,1-2H3,(H,16,17). The number of rotatable bonds is 6. The third-order valence-corrected chi connectivity index (χ3v) is 2.79. The van der Waals surface area contributed by atoms with Gasteiger partial charge in [-0.1, -0.05) is 13.8 Å². The van der Waals surface area contributed by atoms with Crippen LogP contribution in [-0.2, 0) is 4.79 Å². The SMILES string of the molecule is CC(C)(C=O)CCOc1ccc(Br)nc1C(=O)O. The van der Waals surface area contributed by atoms with Crippen molar-refractivity contribution < 1.29 is 19.4 Å². The van der Waals surface area contributed by atoms with Gasteiger partial charge in [0.15, 0.2) is 11.4 Å². The zero-order valence-electron chi connectivity index (χ0n) is 10.1. The summed E-state index contributed by atoms with van der Waals surface area (Å²) in [5.41, 5.74) is -0.625. The lowest BCUT2D eigenvalue weighted by molar-refractivity contribution is -0.115. The number of carbonyl (C=O) groups excluding carboxylic acids is 1. The highest BCUT2D eigenvalue weighted by atomic mass is 79.9. The van der Waals surface area contributed by atoms with Gasteiger partial charge in [-0.15, -0.1) is 0 Å². The lowest BCUT2D eigenvalue weighted by atomic mass is 9.92. The van der Waals surface area contributed by atoms with E-state index in [1.54, 1.807) is 19.9 Å². The first-order chi connectivity index (χ1) is 8.35. The first kappa shape index (κ1) is 14.6. The third-order valence-electron chi connectivity index (χ3n) is 2.35. The molecule has 18 heavy (non-hydrogen) atoms. The molecule has 0 aliphatic heterocycles. The minimum atomic E-state index is -1.15. The van der Waals surface area contributed by atoms with Crippen LogP contribution in [0.15, 0.2) is 16.7 Å². The second-order valence-electron chi connectivity index (χ2n) is 4.49. The van der Waals surface area contributed by atoms with Crippen LogP contribution in [0.2, 0.25) is 0 Å². The maximum atomic E-state index is 11.0. The van der Waals surface area contributed by atoms with E-state index in [1.165, 1.54) is 6.07 Å². The molecule has 0 aliphatic carbocycles. The number of ether oxygens (including phenoxy) is 1. The summed E-state index contributed by atoms with van der Waals surface area (Å²) in [5, 5.41) is 8.98. The van der Waals surface area contributed by atoms with Crippen LogP contribution >= 0.6 is 15.9 Å². The van der Waals surface area contributed by atoms with Gasteiger partial charge in [0.1, 0.15) is 10.9 Å². The fourth-order valence-corrected chi connectivity index (χ4v) is 1.48. The second-order valence-corrected chi connectivity index (χ2v) is 5.30. The van der Waals surface area contributed by atoms with Gasteiger partial charge >= 0.3 is 5.97 Å². The third kappa shape index (κ3) is 4.10. The Morgan fingerprint density at radius 1 is 1.56 bits per heavy atom. The molecule has 1 N–H and O–H groups in total. The van der Waals surface area contributed by atoms with E-state index in [9.17, 15) is 9.59 Å². The maximum Gasteiger partial charge on any atom is 0.358 e. The van der Waals surface area contributed by atoms with Gasteiger partial charge in [-0.3, -0.25) is 0 Å². The van der Waals surface area contributed by atoms with Gasteiger partial charge in [0.05, 0.1) is 6.61 Å². The highest BCUT2D eigenvalue weighted by Gasteiger charge is 2.18. The molecule has 0 spiro atoms. The molecule has 0 bridgehead atoms. The van der Waals surface area contributed by atoms with Gasteiger partial charge in [0, 0.05) is 5.41 Å². The number of pyridine rings is 1. The summed E-state index contributed by atoms with van der Waals surface area (Å²) in [5.74, 6) is -0.951. The van der Waals surface area contributed by atoms with E-state index in [1.807, 2.05) is 0 Å². The number of aromatic nitrogens is 1. The summed E-state index contributed by atoms with van der Waals surface area (Å²) >= 11 is 3.10. The number of hydrogen-bond acceptors (Lipinski definition) is 4. The van der Waals surface area contributed by atoms with Crippen molar-refractivity contribution in [3.63, 3.8) is 0 Å². The summed E-state index contributed by atoms with van der Waals surface area (Å²) in [6.45, 7) is 3.85. The molecule has 0 fully saturated rings. The van der Waals surface area contributed by atoms with E-state index in [-0.39, 0.29) is 18.1 Å². The van der Waals surface area contributed by atoms with Crippen molar-refractivity contribution in [2.75, 3.05) is 6.61 Å². The molecule has 5 nitrogen and oxygen atoms in total. The molecule has 0 saturated heterocycles. The molecule has 1 rings (SSSR count). The van der Waals surface area contributed by atoms with Crippen LogP contribution in [0.5, 0.6) is 5.75 Å². The molecule has 98 valence electrons. The monoisotopic (exact) mass is 315 g/mol. The zero-order valence-corrected chi connectivity index (χ0v) is 11.7. The van der Waals surface area contributed by atoms with Crippen LogP contribution in [0, 0.1) is 5.41 Å². The van der Waals surface area contributed by atoms with Crippen molar-refractivity contribution in [3.8, 4) is 5.75 Å². The number of aromatic carboxylic acids is 1. The smallest absolute Gasteiger partial charge is 0.358 e. The lowest BCUT2D eigenvalue weighted by Crippen LogP contribution is -2.17. The van der Waals surface area contributed by atoms with E-state index < -0.39 is 11.4 Å². The quantitative estimate of drug-likeness (QED) is 0.645. The molecular formula is C12H14BrNO4. The van der Waals surface area contributed by atoms with Crippen molar-refractivity contribution in [1.82, 2.24) is 4.98 Å². The maximum absolute atomic E-state index is 11.0. The van der Waals surface area contributed by atoms with Gasteiger partial charge < -0.3 is 14.6 Å². The van der Waals surface area contributed by atoms with Crippen LogP contribution in [0.1, 0.15) is 30.8 Å². The minimum absolute atomic E-state index is 0.145. The van der Waals surface area contributed by atoms with E-state index in [4.69, 9.17) is 9.84 Å². The van der Waals surface area contributed by atoms with Crippen LogP contribution in [0.25, 0.3) is 0 Å². The Kier molecular flexibility index (Phi) is 4.84. The van der Waals surface area contributed by atoms with Crippen molar-refractivity contribution in [1.29, 1.82) is 0 Å². The summed E-state index contributed by atoms with van der Waals surface area (Å²) in [6, 6.07) is 3.14. The summed E-state index contributed by atoms with van der Waals surface area (Å²) < 4.78 is 5.80. The molecule has 0 aliphatic rings. The lowest BCUT2D eigenvalue weighted by Gasteiger charge is -2.17. The Labute approximate surface area is 113 Å². The Hall–Kier alpha value is -1.43. The molecular weight excluding hydrogens is 302 g/mol. The number of halogens is 1. The predicted molar refractivity (Wildman–Crippen MR) is 68.9 cm³/mol. The molecule has 0 saturated carbocycles. The number of hydrogen-bond donors (Lipinski definition) is 1. The van der Waals surface area contributed by atoms with E-state index in [0.717, 1.165) is 6.29 Å². The highest BCUT2D eigenvalue weighted by Crippen LogP contribution is 2.22. The molecule has 0 unspecified atom stereocenters. The van der Waals surface area contributed by atoms with Gasteiger partial charge in [-0.05, 0) is 34.5 Å². The van der Waals surface area contributed by atoms with E-state index >= 15 is 0 Å². The van der Waals surface area contributed by atoms with E-state index in [0.29, 0.717) is 11.0 Å². The summed E-state index contributed by atoms with van der Waals surface area (Å²) in [6.07, 6.45) is 1.36. The molecule has 1 aromatic rings. The Bertz CT molecular complexity index is 459. The number of nitrogens with zero attached hydrogens (tertiary/aromatic N) is 1. The van der Waals surface area contributed by atoms with Crippen molar-refractivity contribution in [2.24, 2.45) is 5.41 Å². The number of aldehydes is 1. The average molecular weight is 316 g/mol. The molecule has 0 amide bonds. The van der Waals surface area contributed by atoms with Crippen LogP contribution < -0.4 is 4.74 Å². The first-order valence-corrected chi connectivity index (χ1v) is 6.14. The molecule has 0 atom stereocenters. The Balaban J connectivity index is 2.73. The van der Waals surface area contributed by atoms with Crippen LogP contribution in [0.3, 0.4) is 0 Å². The van der Waals surface area contributed by atoms with Gasteiger partial charge in [0.25, 0.3) is 0 Å². The molecule has 0 aromatic carbocycles. The predicted octanol–water partition coefficient (Wildman–Crippen LogP) is 2.54. The van der Waals surface area contributed by atoms with Crippen LogP contribution in [-0.4, -0.2) is 29.0 Å². The molecule has 6 heteroatoms. The van der Waals surface area contributed by atoms with Gasteiger partial charge in [0.2, 0.25) is 0 Å². The second kappa shape index (κ2) is 5.95. The van der Waals surface area contributed by atoms with Gasteiger partial charge in [-0.2, -0.15) is 0 Å². The van der Waals surface area contributed by atoms with Crippen molar-refractivity contribution >= 4 is 28.2 Å². The van der Waals surface area contributed by atoms with E-state index in [2.05, 4.69) is 20.9 Å². The molecule has 1 aromatic heterocycles. The average Bonchev–Trinajstić information content (AvgIpc) is 2.30. The number of carbonyl (C=O) groups is 2. The molecule has 1 heterocycles. The molecule has 0 radical (unpaired) electrons. The Morgan fingerprint density at radius 2 is 2.22 bits per heavy atom. The Morgan fingerprint density at radius 3 is 2.78 bits per heavy atom. The largest absolute Gasteiger partial charge is 0.491 e. The number of carboxylic acid groups (broad SMARTS) is 1. The minimum Gasteiger partial charge on any atom is -0.491 e. The normalized spacial score (nSPS) is 11.1. The zero-order chi connectivity index (χ0) is 13.8. The fourth-order valence-electron chi connectivity index (χ4n) is 1.18. The topological polar surface area (TPSA) is 76.5 Å². The summed E-state index contributed by atoms with van der Waals surface area (Å²) in [4.78, 5) is 25.5. The van der Waals surface area contributed by atoms with Crippen molar-refractivity contribution in [2.45, 2.75) is 20.3 Å². The first-order valence-electron chi connectivity index (χ1n) is 5.35.